The van der Waals surface area contributed by atoms with Crippen molar-refractivity contribution in [1.29, 1.82) is 0 Å². The fourth-order valence-electron chi connectivity index (χ4n) is 3.53. The minimum atomic E-state index is -0.381. The first-order chi connectivity index (χ1) is 11.6. The van der Waals surface area contributed by atoms with E-state index in [-0.39, 0.29) is 11.4 Å². The number of carbonyl (C=O) groups excluding carboxylic acids is 1. The summed E-state index contributed by atoms with van der Waals surface area (Å²) in [6, 6.07) is 19.1. The molecular weight excluding hydrogens is 296 g/mol. The zero-order chi connectivity index (χ0) is 17.0. The molecule has 1 aliphatic heterocycles. The second kappa shape index (κ2) is 7.18. The van der Waals surface area contributed by atoms with Crippen molar-refractivity contribution in [3.63, 3.8) is 0 Å². The number of carbonyl (C=O) groups is 1. The number of amides is 1. The highest BCUT2D eigenvalue weighted by molar-refractivity contribution is 5.86. The molecule has 1 aliphatic rings. The minimum Gasteiger partial charge on any atom is -0.355 e. The van der Waals surface area contributed by atoms with Gasteiger partial charge < -0.3 is 5.32 Å². The van der Waals surface area contributed by atoms with Gasteiger partial charge in [-0.25, -0.2) is 0 Å². The van der Waals surface area contributed by atoms with Gasteiger partial charge in [0.25, 0.3) is 0 Å². The highest BCUT2D eigenvalue weighted by Gasteiger charge is 2.42. The third-order valence-electron chi connectivity index (χ3n) is 5.05. The summed E-state index contributed by atoms with van der Waals surface area (Å²) in [7, 11) is 0. The second-order valence-electron chi connectivity index (χ2n) is 6.72. The second-order valence-corrected chi connectivity index (χ2v) is 6.72. The van der Waals surface area contributed by atoms with Crippen LogP contribution < -0.4 is 5.32 Å². The molecule has 0 spiro atoms. The first kappa shape index (κ1) is 16.7. The molecular formula is C21H26N2O. The summed E-state index contributed by atoms with van der Waals surface area (Å²) in [6.45, 7) is 6.54. The van der Waals surface area contributed by atoms with Crippen LogP contribution >= 0.6 is 0 Å². The van der Waals surface area contributed by atoms with Gasteiger partial charge >= 0.3 is 0 Å². The molecule has 1 unspecified atom stereocenters. The third-order valence-corrected chi connectivity index (χ3v) is 5.05. The predicted octanol–water partition coefficient (Wildman–Crippen LogP) is 3.84. The summed E-state index contributed by atoms with van der Waals surface area (Å²) < 4.78 is 0. The van der Waals surface area contributed by atoms with Gasteiger partial charge in [0.15, 0.2) is 0 Å². The number of hydrogen-bond donors (Lipinski definition) is 1. The summed E-state index contributed by atoms with van der Waals surface area (Å²) in [5.74, 6) is 0.156. The SMILES string of the molecule is CCNC(=O)C1(C)CCCN1Cc1ccc(-c2ccccc2)cc1. The Morgan fingerprint density at radius 3 is 2.42 bits per heavy atom. The Hall–Kier alpha value is -2.13. The highest BCUT2D eigenvalue weighted by atomic mass is 16.2. The fraction of sp³-hybridized carbons (Fsp3) is 0.381. The maximum atomic E-state index is 12.5. The van der Waals surface area contributed by atoms with Gasteiger partial charge in [0.2, 0.25) is 5.91 Å². The zero-order valence-corrected chi connectivity index (χ0v) is 14.6. The average molecular weight is 322 g/mol. The molecule has 0 radical (unpaired) electrons. The predicted molar refractivity (Wildman–Crippen MR) is 98.6 cm³/mol. The highest BCUT2D eigenvalue weighted by Crippen LogP contribution is 2.31. The number of likely N-dealkylation sites (tertiary alicyclic amines) is 1. The molecule has 0 aromatic heterocycles. The van der Waals surface area contributed by atoms with Crippen LogP contribution in [-0.4, -0.2) is 29.4 Å². The molecule has 3 rings (SSSR count). The number of benzene rings is 2. The fourth-order valence-corrected chi connectivity index (χ4v) is 3.53. The number of rotatable bonds is 5. The summed E-state index contributed by atoms with van der Waals surface area (Å²) in [5, 5.41) is 2.99. The molecule has 2 aromatic carbocycles. The normalized spacial score (nSPS) is 20.9. The van der Waals surface area contributed by atoms with E-state index < -0.39 is 0 Å². The standard InChI is InChI=1S/C21H26N2O/c1-3-22-20(24)21(2)14-7-15-23(21)16-17-10-12-19(13-11-17)18-8-5-4-6-9-18/h4-6,8-13H,3,7,14-16H2,1-2H3,(H,22,24). The van der Waals surface area contributed by atoms with Crippen molar-refractivity contribution < 1.29 is 4.79 Å². The lowest BCUT2D eigenvalue weighted by Gasteiger charge is -2.33. The minimum absolute atomic E-state index is 0.156. The van der Waals surface area contributed by atoms with E-state index in [0.717, 1.165) is 25.9 Å². The molecule has 0 aliphatic carbocycles. The Morgan fingerprint density at radius 1 is 1.08 bits per heavy atom. The topological polar surface area (TPSA) is 32.3 Å². The van der Waals surface area contributed by atoms with E-state index in [9.17, 15) is 4.79 Å². The van der Waals surface area contributed by atoms with Crippen molar-refractivity contribution in [2.24, 2.45) is 0 Å². The van der Waals surface area contributed by atoms with Crippen LogP contribution in [0, 0.1) is 0 Å². The zero-order valence-electron chi connectivity index (χ0n) is 14.6. The van der Waals surface area contributed by atoms with E-state index in [1.807, 2.05) is 13.0 Å². The average Bonchev–Trinajstić information content (AvgIpc) is 2.99. The molecule has 1 fully saturated rings. The Bertz CT molecular complexity index is 681. The summed E-state index contributed by atoms with van der Waals surface area (Å²) in [4.78, 5) is 14.8. The first-order valence-electron chi connectivity index (χ1n) is 8.81. The van der Waals surface area contributed by atoms with Crippen LogP contribution in [0.25, 0.3) is 11.1 Å². The van der Waals surface area contributed by atoms with Crippen molar-refractivity contribution >= 4 is 5.91 Å². The van der Waals surface area contributed by atoms with Crippen LogP contribution in [0.1, 0.15) is 32.3 Å². The molecule has 0 bridgehead atoms. The van der Waals surface area contributed by atoms with E-state index in [0.29, 0.717) is 6.54 Å². The third kappa shape index (κ3) is 3.36. The maximum Gasteiger partial charge on any atom is 0.240 e. The number of nitrogens with zero attached hydrogens (tertiary/aromatic N) is 1. The van der Waals surface area contributed by atoms with E-state index >= 15 is 0 Å². The summed E-state index contributed by atoms with van der Waals surface area (Å²) >= 11 is 0. The van der Waals surface area contributed by atoms with Crippen molar-refractivity contribution in [2.75, 3.05) is 13.1 Å². The Labute approximate surface area is 144 Å². The van der Waals surface area contributed by atoms with Crippen LogP contribution in [0.3, 0.4) is 0 Å². The van der Waals surface area contributed by atoms with E-state index in [4.69, 9.17) is 0 Å². The van der Waals surface area contributed by atoms with Crippen LogP contribution in [0.15, 0.2) is 54.6 Å². The number of nitrogens with one attached hydrogen (secondary N) is 1. The van der Waals surface area contributed by atoms with Gasteiger partial charge in [-0.2, -0.15) is 0 Å². The van der Waals surface area contributed by atoms with Crippen molar-refractivity contribution in [1.82, 2.24) is 10.2 Å². The lowest BCUT2D eigenvalue weighted by atomic mass is 9.96. The maximum absolute atomic E-state index is 12.5. The molecule has 3 heteroatoms. The van der Waals surface area contributed by atoms with Gasteiger partial charge in [-0.3, -0.25) is 9.69 Å². The van der Waals surface area contributed by atoms with E-state index in [2.05, 4.69) is 65.7 Å². The Morgan fingerprint density at radius 2 is 1.75 bits per heavy atom. The lowest BCUT2D eigenvalue weighted by molar-refractivity contribution is -0.131. The molecule has 1 amide bonds. The van der Waals surface area contributed by atoms with Crippen LogP contribution in [0.4, 0.5) is 0 Å². The smallest absolute Gasteiger partial charge is 0.240 e. The van der Waals surface area contributed by atoms with Crippen molar-refractivity contribution in [3.8, 4) is 11.1 Å². The molecule has 1 heterocycles. The van der Waals surface area contributed by atoms with Crippen molar-refractivity contribution in [3.05, 3.63) is 60.2 Å². The van der Waals surface area contributed by atoms with Crippen molar-refractivity contribution in [2.45, 2.75) is 38.8 Å². The number of likely N-dealkylation sites (N-methyl/N-ethyl adjacent to an activating group) is 1. The number of hydrogen-bond acceptors (Lipinski definition) is 2. The van der Waals surface area contributed by atoms with E-state index in [1.165, 1.54) is 16.7 Å². The molecule has 0 saturated carbocycles. The molecule has 1 N–H and O–H groups in total. The van der Waals surface area contributed by atoms with Gasteiger partial charge in [0.05, 0.1) is 5.54 Å². The van der Waals surface area contributed by atoms with Gasteiger partial charge in [-0.1, -0.05) is 54.6 Å². The van der Waals surface area contributed by atoms with Gasteiger partial charge in [-0.15, -0.1) is 0 Å². The molecule has 2 aromatic rings. The van der Waals surface area contributed by atoms with E-state index in [1.54, 1.807) is 0 Å². The van der Waals surface area contributed by atoms with Gasteiger partial charge in [0, 0.05) is 13.1 Å². The molecule has 1 saturated heterocycles. The van der Waals surface area contributed by atoms with Crippen LogP contribution in [0.5, 0.6) is 0 Å². The van der Waals surface area contributed by atoms with Crippen LogP contribution in [-0.2, 0) is 11.3 Å². The Balaban J connectivity index is 1.73. The largest absolute Gasteiger partial charge is 0.355 e. The Kier molecular flexibility index (Phi) is 5.00. The molecule has 1 atom stereocenters. The van der Waals surface area contributed by atoms with Gasteiger partial charge in [0.1, 0.15) is 0 Å². The van der Waals surface area contributed by atoms with Crippen LogP contribution in [0.2, 0.25) is 0 Å². The summed E-state index contributed by atoms with van der Waals surface area (Å²) in [6.07, 6.45) is 2.01. The van der Waals surface area contributed by atoms with Gasteiger partial charge in [-0.05, 0) is 49.9 Å². The lowest BCUT2D eigenvalue weighted by Crippen LogP contribution is -2.52. The molecule has 24 heavy (non-hydrogen) atoms. The molecule has 126 valence electrons. The first-order valence-corrected chi connectivity index (χ1v) is 8.81. The molecule has 3 nitrogen and oxygen atoms in total. The monoisotopic (exact) mass is 322 g/mol. The quantitative estimate of drug-likeness (QED) is 0.907. The summed E-state index contributed by atoms with van der Waals surface area (Å²) in [5.41, 5.74) is 3.34.